The van der Waals surface area contributed by atoms with Crippen LogP contribution in [-0.4, -0.2) is 82.7 Å². The number of likely N-dealkylation sites (tertiary alicyclic amines) is 2. The highest BCUT2D eigenvalue weighted by atomic mass is 19.1. The summed E-state index contributed by atoms with van der Waals surface area (Å²) in [4.78, 5) is 31.1. The molecule has 0 spiro atoms. The van der Waals surface area contributed by atoms with Crippen molar-refractivity contribution in [3.05, 3.63) is 35.6 Å². The molecular formula is C27H40FN3O4. The Bertz CT molecular complexity index is 843. The largest absolute Gasteiger partial charge is 0.480 e. The number of aliphatic carboxylic acids is 1. The van der Waals surface area contributed by atoms with Crippen LogP contribution in [0.25, 0.3) is 0 Å². The van der Waals surface area contributed by atoms with Crippen molar-refractivity contribution >= 4 is 12.1 Å². The number of hydrogen-bond donors (Lipinski definition) is 1. The Morgan fingerprint density at radius 1 is 1.09 bits per heavy atom. The summed E-state index contributed by atoms with van der Waals surface area (Å²) in [5.74, 6) is -0.340. The summed E-state index contributed by atoms with van der Waals surface area (Å²) in [6, 6.07) is 6.35. The standard InChI is InChI=1S/C27H40FN3O4/c1-2-13-31(27(34)35-19-20-5-8-22(28)9-6-20)23-11-15-29(16-12-23)18-21-7-10-24(17-21)30-14-3-4-25(30)26(32)33/h5-6,8-9,21,23-25H,2-4,7,10-19H2,1H3,(H,32,33)/t21-,24?,25?/m1/s1. The number of nitrogens with zero attached hydrogens (tertiary/aromatic N) is 3. The van der Waals surface area contributed by atoms with Crippen LogP contribution in [0, 0.1) is 11.7 Å². The molecule has 1 amide bonds. The Labute approximate surface area is 208 Å². The van der Waals surface area contributed by atoms with Gasteiger partial charge in [0, 0.05) is 38.3 Å². The van der Waals surface area contributed by atoms with Gasteiger partial charge in [-0.05, 0) is 81.5 Å². The number of rotatable bonds is 9. The summed E-state index contributed by atoms with van der Waals surface area (Å²) in [6.45, 7) is 6.83. The van der Waals surface area contributed by atoms with Crippen LogP contribution >= 0.6 is 0 Å². The fourth-order valence-corrected chi connectivity index (χ4v) is 6.26. The highest BCUT2D eigenvalue weighted by Crippen LogP contribution is 2.34. The van der Waals surface area contributed by atoms with Gasteiger partial charge in [0.15, 0.2) is 0 Å². The molecule has 1 N–H and O–H groups in total. The molecule has 194 valence electrons. The Hall–Kier alpha value is -2.19. The van der Waals surface area contributed by atoms with E-state index in [-0.39, 0.29) is 30.6 Å². The van der Waals surface area contributed by atoms with E-state index < -0.39 is 5.97 Å². The van der Waals surface area contributed by atoms with E-state index in [1.807, 2.05) is 4.90 Å². The van der Waals surface area contributed by atoms with E-state index in [1.165, 1.54) is 18.6 Å². The molecule has 2 heterocycles. The van der Waals surface area contributed by atoms with Crippen LogP contribution in [0.5, 0.6) is 0 Å². The molecule has 1 aromatic carbocycles. The van der Waals surface area contributed by atoms with E-state index in [1.54, 1.807) is 12.1 Å². The molecule has 2 unspecified atom stereocenters. The number of hydrogen-bond acceptors (Lipinski definition) is 5. The quantitative estimate of drug-likeness (QED) is 0.556. The topological polar surface area (TPSA) is 73.3 Å². The van der Waals surface area contributed by atoms with Gasteiger partial charge in [-0.25, -0.2) is 9.18 Å². The second-order valence-electron chi connectivity index (χ2n) is 10.5. The maximum absolute atomic E-state index is 13.1. The number of carbonyl (C=O) groups is 2. The van der Waals surface area contributed by atoms with Crippen LogP contribution in [0.2, 0.25) is 0 Å². The molecule has 8 heteroatoms. The predicted octanol–water partition coefficient (Wildman–Crippen LogP) is 4.36. The van der Waals surface area contributed by atoms with Crippen molar-refractivity contribution in [2.75, 3.05) is 32.7 Å². The molecule has 2 aliphatic heterocycles. The van der Waals surface area contributed by atoms with Crippen molar-refractivity contribution < 1.29 is 23.8 Å². The molecule has 0 aromatic heterocycles. The highest BCUT2D eigenvalue weighted by molar-refractivity contribution is 5.73. The maximum atomic E-state index is 13.1. The van der Waals surface area contributed by atoms with Gasteiger partial charge in [0.2, 0.25) is 0 Å². The lowest BCUT2D eigenvalue weighted by molar-refractivity contribution is -0.142. The molecule has 1 aromatic rings. The van der Waals surface area contributed by atoms with Crippen LogP contribution in [0.1, 0.15) is 63.9 Å². The Morgan fingerprint density at radius 3 is 2.51 bits per heavy atom. The van der Waals surface area contributed by atoms with Gasteiger partial charge in [-0.1, -0.05) is 19.1 Å². The summed E-state index contributed by atoms with van der Waals surface area (Å²) in [5, 5.41) is 9.52. The molecule has 4 rings (SSSR count). The minimum atomic E-state index is -0.666. The van der Waals surface area contributed by atoms with E-state index in [9.17, 15) is 19.1 Å². The second-order valence-corrected chi connectivity index (χ2v) is 10.5. The Kier molecular flexibility index (Phi) is 9.00. The zero-order valence-electron chi connectivity index (χ0n) is 20.9. The SMILES string of the molecule is CCCN(C(=O)OCc1ccc(F)cc1)C1CCN(C[C@@H]2CCC(N3CCCC3C(=O)O)C2)CC1. The fourth-order valence-electron chi connectivity index (χ4n) is 6.26. The molecule has 0 radical (unpaired) electrons. The van der Waals surface area contributed by atoms with Crippen LogP contribution in [0.4, 0.5) is 9.18 Å². The van der Waals surface area contributed by atoms with Crippen LogP contribution in [0.15, 0.2) is 24.3 Å². The zero-order chi connectivity index (χ0) is 24.8. The number of ether oxygens (including phenoxy) is 1. The summed E-state index contributed by atoms with van der Waals surface area (Å²) in [6.07, 6.45) is 7.62. The first-order chi connectivity index (χ1) is 16.9. The highest BCUT2D eigenvalue weighted by Gasteiger charge is 2.39. The molecule has 35 heavy (non-hydrogen) atoms. The van der Waals surface area contributed by atoms with E-state index in [0.717, 1.165) is 76.7 Å². The molecular weight excluding hydrogens is 449 g/mol. The average Bonchev–Trinajstić information content (AvgIpc) is 3.52. The lowest BCUT2D eigenvalue weighted by Crippen LogP contribution is -2.48. The third kappa shape index (κ3) is 6.73. The third-order valence-electron chi connectivity index (χ3n) is 8.05. The van der Waals surface area contributed by atoms with Gasteiger partial charge in [-0.3, -0.25) is 9.69 Å². The molecule has 0 bridgehead atoms. The van der Waals surface area contributed by atoms with Crippen molar-refractivity contribution in [1.82, 2.24) is 14.7 Å². The van der Waals surface area contributed by atoms with E-state index >= 15 is 0 Å². The van der Waals surface area contributed by atoms with Gasteiger partial charge in [0.25, 0.3) is 0 Å². The number of carboxylic acid groups (broad SMARTS) is 1. The number of amides is 1. The summed E-state index contributed by atoms with van der Waals surface area (Å²) < 4.78 is 18.7. The number of halogens is 1. The smallest absolute Gasteiger partial charge is 0.410 e. The van der Waals surface area contributed by atoms with Gasteiger partial charge in [0.1, 0.15) is 18.5 Å². The lowest BCUT2D eigenvalue weighted by atomic mass is 10.0. The first kappa shape index (κ1) is 25.9. The van der Waals surface area contributed by atoms with Crippen molar-refractivity contribution in [1.29, 1.82) is 0 Å². The summed E-state index contributed by atoms with van der Waals surface area (Å²) >= 11 is 0. The molecule has 7 nitrogen and oxygen atoms in total. The minimum Gasteiger partial charge on any atom is -0.480 e. The van der Waals surface area contributed by atoms with E-state index in [4.69, 9.17) is 4.74 Å². The van der Waals surface area contributed by atoms with Gasteiger partial charge in [-0.15, -0.1) is 0 Å². The third-order valence-corrected chi connectivity index (χ3v) is 8.05. The van der Waals surface area contributed by atoms with Crippen molar-refractivity contribution in [2.24, 2.45) is 5.92 Å². The van der Waals surface area contributed by atoms with Gasteiger partial charge in [-0.2, -0.15) is 0 Å². The maximum Gasteiger partial charge on any atom is 0.410 e. The molecule has 3 fully saturated rings. The summed E-state index contributed by atoms with van der Waals surface area (Å²) in [7, 11) is 0. The lowest BCUT2D eigenvalue weighted by Gasteiger charge is -2.38. The zero-order valence-corrected chi connectivity index (χ0v) is 20.9. The van der Waals surface area contributed by atoms with Gasteiger partial charge >= 0.3 is 12.1 Å². The first-order valence-electron chi connectivity index (χ1n) is 13.3. The van der Waals surface area contributed by atoms with Crippen molar-refractivity contribution in [3.8, 4) is 0 Å². The van der Waals surface area contributed by atoms with Crippen LogP contribution in [0.3, 0.4) is 0 Å². The number of benzene rings is 1. The molecule has 1 aliphatic carbocycles. The predicted molar refractivity (Wildman–Crippen MR) is 132 cm³/mol. The van der Waals surface area contributed by atoms with Crippen LogP contribution < -0.4 is 0 Å². The van der Waals surface area contributed by atoms with E-state index in [2.05, 4.69) is 16.7 Å². The second kappa shape index (κ2) is 12.2. The Balaban J connectivity index is 1.22. The average molecular weight is 490 g/mol. The number of carboxylic acids is 1. The first-order valence-corrected chi connectivity index (χ1v) is 13.3. The molecule has 2 saturated heterocycles. The number of carbonyl (C=O) groups excluding carboxylic acids is 1. The Morgan fingerprint density at radius 2 is 1.83 bits per heavy atom. The van der Waals surface area contributed by atoms with Gasteiger partial charge < -0.3 is 19.6 Å². The minimum absolute atomic E-state index is 0.154. The number of piperidine rings is 1. The van der Waals surface area contributed by atoms with Crippen molar-refractivity contribution in [2.45, 2.75) is 83.0 Å². The molecule has 3 aliphatic rings. The molecule has 1 saturated carbocycles. The normalized spacial score (nSPS) is 26.2. The molecule has 3 atom stereocenters. The van der Waals surface area contributed by atoms with Crippen molar-refractivity contribution in [3.63, 3.8) is 0 Å². The summed E-state index contributed by atoms with van der Waals surface area (Å²) in [5.41, 5.74) is 0.782. The van der Waals surface area contributed by atoms with Crippen LogP contribution in [-0.2, 0) is 16.1 Å². The van der Waals surface area contributed by atoms with Gasteiger partial charge in [0.05, 0.1) is 0 Å². The van der Waals surface area contributed by atoms with E-state index in [0.29, 0.717) is 18.5 Å². The monoisotopic (exact) mass is 489 g/mol. The fraction of sp³-hybridized carbons (Fsp3) is 0.704.